The molecule has 90 valence electrons. The molecule has 15 heavy (non-hydrogen) atoms. The lowest BCUT2D eigenvalue weighted by Gasteiger charge is -2.28. The van der Waals surface area contributed by atoms with Crippen molar-refractivity contribution in [2.45, 2.75) is 59.0 Å². The fourth-order valence-electron chi connectivity index (χ4n) is 1.53. The molecule has 0 radical (unpaired) electrons. The zero-order valence-electron chi connectivity index (χ0n) is 10.5. The van der Waals surface area contributed by atoms with Crippen molar-refractivity contribution < 1.29 is 9.90 Å². The number of rotatable bonds is 7. The number of carbonyl (C=O) groups excluding carboxylic acids is 1. The third kappa shape index (κ3) is 7.37. The van der Waals surface area contributed by atoms with Crippen molar-refractivity contribution in [2.75, 3.05) is 13.1 Å². The highest BCUT2D eigenvalue weighted by Crippen LogP contribution is 2.08. The van der Waals surface area contributed by atoms with E-state index in [-0.39, 0.29) is 5.91 Å². The molecule has 3 nitrogen and oxygen atoms in total. The number of nitrogens with zero attached hydrogens (tertiary/aromatic N) is 1. The maximum absolute atomic E-state index is 11.7. The summed E-state index contributed by atoms with van der Waals surface area (Å²) in [5.41, 5.74) is -0.795. The van der Waals surface area contributed by atoms with Gasteiger partial charge in [0.1, 0.15) is 0 Å². The lowest BCUT2D eigenvalue weighted by atomic mass is 10.1. The van der Waals surface area contributed by atoms with E-state index >= 15 is 0 Å². The van der Waals surface area contributed by atoms with Crippen molar-refractivity contribution >= 4 is 5.91 Å². The zero-order chi connectivity index (χ0) is 11.9. The topological polar surface area (TPSA) is 40.5 Å². The quantitative estimate of drug-likeness (QED) is 0.661. The molecule has 0 aliphatic heterocycles. The molecule has 0 aromatic rings. The fraction of sp³-hybridized carbons (Fsp3) is 0.917. The third-order valence-electron chi connectivity index (χ3n) is 2.31. The van der Waals surface area contributed by atoms with Gasteiger partial charge in [0.05, 0.1) is 5.60 Å². The second kappa shape index (κ2) is 6.83. The summed E-state index contributed by atoms with van der Waals surface area (Å²) in [5.74, 6) is 0.160. The molecule has 0 saturated heterocycles. The maximum atomic E-state index is 11.7. The van der Waals surface area contributed by atoms with E-state index in [1.165, 1.54) is 0 Å². The molecule has 0 heterocycles. The predicted octanol–water partition coefficient (Wildman–Crippen LogP) is 2.19. The van der Waals surface area contributed by atoms with E-state index in [0.29, 0.717) is 19.5 Å². The first-order valence-corrected chi connectivity index (χ1v) is 5.91. The van der Waals surface area contributed by atoms with Gasteiger partial charge >= 0.3 is 0 Å². The Morgan fingerprint density at radius 3 is 2.27 bits per heavy atom. The molecule has 0 bridgehead atoms. The van der Waals surface area contributed by atoms with Gasteiger partial charge in [0, 0.05) is 19.5 Å². The van der Waals surface area contributed by atoms with Crippen LogP contribution >= 0.6 is 0 Å². The van der Waals surface area contributed by atoms with E-state index in [9.17, 15) is 9.90 Å². The minimum Gasteiger partial charge on any atom is -0.389 e. The number of hydrogen-bond acceptors (Lipinski definition) is 2. The second-order valence-electron chi connectivity index (χ2n) is 4.68. The smallest absolute Gasteiger partial charge is 0.222 e. The predicted molar refractivity (Wildman–Crippen MR) is 62.7 cm³/mol. The van der Waals surface area contributed by atoms with Crippen LogP contribution in [0.1, 0.15) is 53.4 Å². The molecule has 0 saturated carbocycles. The Bertz CT molecular complexity index is 185. The van der Waals surface area contributed by atoms with Crippen LogP contribution in [0, 0.1) is 0 Å². The Hall–Kier alpha value is -0.570. The molecule has 0 aliphatic rings. The fourth-order valence-corrected chi connectivity index (χ4v) is 1.53. The summed E-state index contributed by atoms with van der Waals surface area (Å²) in [5, 5.41) is 9.65. The van der Waals surface area contributed by atoms with E-state index in [2.05, 4.69) is 6.92 Å². The molecule has 0 spiro atoms. The third-order valence-corrected chi connectivity index (χ3v) is 2.31. The molecule has 0 aromatic heterocycles. The largest absolute Gasteiger partial charge is 0.389 e. The van der Waals surface area contributed by atoms with Crippen molar-refractivity contribution in [1.82, 2.24) is 4.90 Å². The number of unbranched alkanes of at least 4 members (excludes halogenated alkanes) is 2. The molecular weight excluding hydrogens is 190 g/mol. The molecule has 1 amide bonds. The molecule has 3 heteroatoms. The zero-order valence-corrected chi connectivity index (χ0v) is 10.5. The molecule has 0 aliphatic carbocycles. The van der Waals surface area contributed by atoms with E-state index in [1.807, 2.05) is 6.92 Å². The van der Waals surface area contributed by atoms with Gasteiger partial charge in [0.2, 0.25) is 5.91 Å². The van der Waals surface area contributed by atoms with Crippen LogP contribution in [-0.2, 0) is 4.79 Å². The number of hydrogen-bond donors (Lipinski definition) is 1. The Morgan fingerprint density at radius 2 is 1.87 bits per heavy atom. The maximum Gasteiger partial charge on any atom is 0.222 e. The SMILES string of the molecule is CCCCCC(=O)N(CC)CC(C)(C)O. The van der Waals surface area contributed by atoms with Gasteiger partial charge in [-0.3, -0.25) is 4.79 Å². The summed E-state index contributed by atoms with van der Waals surface area (Å²) < 4.78 is 0. The first-order chi connectivity index (χ1) is 6.90. The van der Waals surface area contributed by atoms with Gasteiger partial charge in [-0.15, -0.1) is 0 Å². The van der Waals surface area contributed by atoms with E-state index in [4.69, 9.17) is 0 Å². The Labute approximate surface area is 93.5 Å². The van der Waals surface area contributed by atoms with Gasteiger partial charge < -0.3 is 10.0 Å². The van der Waals surface area contributed by atoms with E-state index in [1.54, 1.807) is 18.7 Å². The monoisotopic (exact) mass is 215 g/mol. The van der Waals surface area contributed by atoms with Crippen molar-refractivity contribution in [3.8, 4) is 0 Å². The van der Waals surface area contributed by atoms with Gasteiger partial charge in [-0.05, 0) is 27.2 Å². The molecule has 0 fully saturated rings. The standard InChI is InChI=1S/C12H25NO2/c1-5-7-8-9-11(14)13(6-2)10-12(3,4)15/h15H,5-10H2,1-4H3. The summed E-state index contributed by atoms with van der Waals surface area (Å²) in [6.45, 7) is 8.63. The van der Waals surface area contributed by atoms with Crippen molar-refractivity contribution in [3.63, 3.8) is 0 Å². The first kappa shape index (κ1) is 14.4. The Balaban J connectivity index is 4.00. The number of carbonyl (C=O) groups is 1. The second-order valence-corrected chi connectivity index (χ2v) is 4.68. The molecule has 0 atom stereocenters. The van der Waals surface area contributed by atoms with Gasteiger partial charge in [-0.2, -0.15) is 0 Å². The van der Waals surface area contributed by atoms with Crippen LogP contribution in [0.2, 0.25) is 0 Å². The summed E-state index contributed by atoms with van der Waals surface area (Å²) in [4.78, 5) is 13.5. The van der Waals surface area contributed by atoms with Crippen molar-refractivity contribution in [1.29, 1.82) is 0 Å². The molecule has 1 N–H and O–H groups in total. The lowest BCUT2D eigenvalue weighted by molar-refractivity contribution is -0.134. The average Bonchev–Trinajstić information content (AvgIpc) is 2.13. The molecule has 0 rings (SSSR count). The molecule has 0 aromatic carbocycles. The molecule has 0 unspecified atom stereocenters. The number of likely N-dealkylation sites (N-methyl/N-ethyl adjacent to an activating group) is 1. The minimum absolute atomic E-state index is 0.160. The van der Waals surface area contributed by atoms with Crippen LogP contribution in [0.25, 0.3) is 0 Å². The van der Waals surface area contributed by atoms with Gasteiger partial charge in [0.15, 0.2) is 0 Å². The van der Waals surface area contributed by atoms with E-state index < -0.39 is 5.60 Å². The summed E-state index contributed by atoms with van der Waals surface area (Å²) in [6, 6.07) is 0. The normalized spacial score (nSPS) is 11.5. The van der Waals surface area contributed by atoms with Gasteiger partial charge in [0.25, 0.3) is 0 Å². The van der Waals surface area contributed by atoms with Crippen molar-refractivity contribution in [2.24, 2.45) is 0 Å². The van der Waals surface area contributed by atoms with Gasteiger partial charge in [-0.1, -0.05) is 19.8 Å². The summed E-state index contributed by atoms with van der Waals surface area (Å²) >= 11 is 0. The van der Waals surface area contributed by atoms with Crippen LogP contribution in [0.15, 0.2) is 0 Å². The highest BCUT2D eigenvalue weighted by Gasteiger charge is 2.20. The average molecular weight is 215 g/mol. The van der Waals surface area contributed by atoms with E-state index in [0.717, 1.165) is 19.3 Å². The first-order valence-electron chi connectivity index (χ1n) is 5.91. The van der Waals surface area contributed by atoms with Crippen LogP contribution in [0.3, 0.4) is 0 Å². The Kier molecular flexibility index (Phi) is 6.57. The summed E-state index contributed by atoms with van der Waals surface area (Å²) in [7, 11) is 0. The Morgan fingerprint density at radius 1 is 1.27 bits per heavy atom. The summed E-state index contributed by atoms with van der Waals surface area (Å²) in [6.07, 6.45) is 3.80. The van der Waals surface area contributed by atoms with Gasteiger partial charge in [-0.25, -0.2) is 0 Å². The lowest BCUT2D eigenvalue weighted by Crippen LogP contribution is -2.42. The highest BCUT2D eigenvalue weighted by molar-refractivity contribution is 5.76. The highest BCUT2D eigenvalue weighted by atomic mass is 16.3. The van der Waals surface area contributed by atoms with Crippen LogP contribution in [-0.4, -0.2) is 34.6 Å². The van der Waals surface area contributed by atoms with Crippen molar-refractivity contribution in [3.05, 3.63) is 0 Å². The van der Waals surface area contributed by atoms with Crippen LogP contribution < -0.4 is 0 Å². The molecular formula is C12H25NO2. The number of amides is 1. The van der Waals surface area contributed by atoms with Crippen LogP contribution in [0.5, 0.6) is 0 Å². The van der Waals surface area contributed by atoms with Crippen LogP contribution in [0.4, 0.5) is 0 Å². The minimum atomic E-state index is -0.795. The number of aliphatic hydroxyl groups is 1.